The number of benzene rings is 1. The van der Waals surface area contributed by atoms with Crippen molar-refractivity contribution in [3.63, 3.8) is 0 Å². The summed E-state index contributed by atoms with van der Waals surface area (Å²) in [6, 6.07) is 1.37. The molecule has 0 aliphatic rings. The van der Waals surface area contributed by atoms with Crippen LogP contribution >= 0.6 is 0 Å². The molecule has 0 bridgehead atoms. The lowest BCUT2D eigenvalue weighted by atomic mass is 9.73. The molecule has 0 aliphatic carbocycles. The fourth-order valence-electron chi connectivity index (χ4n) is 2.67. The summed E-state index contributed by atoms with van der Waals surface area (Å²) < 4.78 is 0. The van der Waals surface area contributed by atoms with E-state index in [1.165, 1.54) is 6.07 Å². The molecule has 116 valence electrons. The predicted molar refractivity (Wildman–Crippen MR) is 82.2 cm³/mol. The van der Waals surface area contributed by atoms with Crippen LogP contribution in [0.15, 0.2) is 6.07 Å². The quantitative estimate of drug-likeness (QED) is 0.726. The van der Waals surface area contributed by atoms with Gasteiger partial charge in [-0.3, -0.25) is 0 Å². The highest BCUT2D eigenvalue weighted by Crippen LogP contribution is 2.39. The molecule has 21 heavy (non-hydrogen) atoms. The van der Waals surface area contributed by atoms with E-state index in [2.05, 4.69) is 0 Å². The van der Waals surface area contributed by atoms with E-state index >= 15 is 0 Å². The van der Waals surface area contributed by atoms with E-state index in [-0.39, 0.29) is 16.8 Å². The van der Waals surface area contributed by atoms with Crippen LogP contribution in [0.3, 0.4) is 0 Å². The van der Waals surface area contributed by atoms with Crippen molar-refractivity contribution in [1.82, 2.24) is 0 Å². The van der Waals surface area contributed by atoms with Gasteiger partial charge in [-0.05, 0) is 28.0 Å². The minimum Gasteiger partial charge on any atom is -0.478 e. The van der Waals surface area contributed by atoms with Gasteiger partial charge < -0.3 is 15.9 Å². The number of rotatable bonds is 2. The molecule has 5 heteroatoms. The number of hydrogen-bond acceptors (Lipinski definition) is 3. The maximum atomic E-state index is 11.8. The third-order valence-corrected chi connectivity index (χ3v) is 3.30. The van der Waals surface area contributed by atoms with Crippen molar-refractivity contribution in [2.45, 2.75) is 52.4 Å². The normalized spacial score (nSPS) is 12.3. The van der Waals surface area contributed by atoms with Crippen LogP contribution in [0.5, 0.6) is 0 Å². The number of carboxylic acid groups (broad SMARTS) is 2. The number of nitrogens with two attached hydrogens (primary N) is 1. The Bertz CT molecular complexity index is 604. The molecule has 0 amide bonds. The van der Waals surface area contributed by atoms with Crippen LogP contribution < -0.4 is 5.73 Å². The molecule has 0 saturated heterocycles. The average molecular weight is 293 g/mol. The molecule has 0 aromatic heterocycles. The lowest BCUT2D eigenvalue weighted by Gasteiger charge is -2.31. The second-order valence-corrected chi connectivity index (χ2v) is 7.25. The second kappa shape index (κ2) is 5.06. The molecule has 0 unspecified atom stereocenters. The third kappa shape index (κ3) is 3.17. The summed E-state index contributed by atoms with van der Waals surface area (Å²) in [5.41, 5.74) is 5.77. The van der Waals surface area contributed by atoms with Crippen LogP contribution in [0.25, 0.3) is 0 Å². The first-order valence-corrected chi connectivity index (χ1v) is 6.72. The van der Waals surface area contributed by atoms with Crippen molar-refractivity contribution in [2.75, 3.05) is 5.73 Å². The molecule has 1 aromatic carbocycles. The summed E-state index contributed by atoms with van der Waals surface area (Å²) in [6.07, 6.45) is 0. The molecule has 0 spiro atoms. The monoisotopic (exact) mass is 293 g/mol. The van der Waals surface area contributed by atoms with Crippen molar-refractivity contribution in [3.05, 3.63) is 28.3 Å². The van der Waals surface area contributed by atoms with Gasteiger partial charge in [0.1, 0.15) is 0 Å². The van der Waals surface area contributed by atoms with Gasteiger partial charge in [0.15, 0.2) is 0 Å². The zero-order chi connectivity index (χ0) is 16.7. The number of nitrogen functional groups attached to an aromatic ring is 1. The van der Waals surface area contributed by atoms with Gasteiger partial charge in [-0.15, -0.1) is 0 Å². The highest BCUT2D eigenvalue weighted by molar-refractivity contribution is 6.00. The Kier molecular flexibility index (Phi) is 4.10. The van der Waals surface area contributed by atoms with Crippen LogP contribution in [0.2, 0.25) is 0 Å². The van der Waals surface area contributed by atoms with Crippen LogP contribution in [0.1, 0.15) is 73.4 Å². The molecule has 1 rings (SSSR count). The summed E-state index contributed by atoms with van der Waals surface area (Å²) in [5.74, 6) is -2.32. The summed E-state index contributed by atoms with van der Waals surface area (Å²) in [5, 5.41) is 19.1. The summed E-state index contributed by atoms with van der Waals surface area (Å²) >= 11 is 0. The molecule has 0 aliphatic heterocycles. The Labute approximate surface area is 124 Å². The Morgan fingerprint density at radius 1 is 0.905 bits per heavy atom. The van der Waals surface area contributed by atoms with Gasteiger partial charge in [0.2, 0.25) is 0 Å². The topological polar surface area (TPSA) is 101 Å². The van der Waals surface area contributed by atoms with Crippen molar-refractivity contribution in [2.24, 2.45) is 0 Å². The van der Waals surface area contributed by atoms with Crippen LogP contribution in [0.4, 0.5) is 5.69 Å². The number of aromatic carboxylic acids is 2. The number of carbonyl (C=O) groups is 2. The van der Waals surface area contributed by atoms with Gasteiger partial charge >= 0.3 is 11.9 Å². The molecule has 1 aromatic rings. The van der Waals surface area contributed by atoms with E-state index in [9.17, 15) is 19.8 Å². The second-order valence-electron chi connectivity index (χ2n) is 7.25. The minimum absolute atomic E-state index is 0.00685. The first-order chi connectivity index (χ1) is 9.28. The minimum atomic E-state index is -1.17. The number of hydrogen-bond donors (Lipinski definition) is 3. The highest BCUT2D eigenvalue weighted by atomic mass is 16.4. The lowest BCUT2D eigenvalue weighted by molar-refractivity contribution is 0.0690. The summed E-state index contributed by atoms with van der Waals surface area (Å²) in [7, 11) is 0. The maximum Gasteiger partial charge on any atom is 0.336 e. The lowest BCUT2D eigenvalue weighted by Crippen LogP contribution is -2.28. The highest BCUT2D eigenvalue weighted by Gasteiger charge is 2.35. The maximum absolute atomic E-state index is 11.8. The molecule has 0 fully saturated rings. The fourth-order valence-corrected chi connectivity index (χ4v) is 2.67. The van der Waals surface area contributed by atoms with Crippen molar-refractivity contribution < 1.29 is 19.8 Å². The van der Waals surface area contributed by atoms with Gasteiger partial charge in [0.05, 0.1) is 11.1 Å². The molecule has 0 radical (unpaired) electrons. The van der Waals surface area contributed by atoms with E-state index in [4.69, 9.17) is 5.73 Å². The Balaban J connectivity index is 4.07. The van der Waals surface area contributed by atoms with Crippen LogP contribution in [-0.4, -0.2) is 22.2 Å². The van der Waals surface area contributed by atoms with E-state index in [0.717, 1.165) is 0 Å². The smallest absolute Gasteiger partial charge is 0.336 e. The number of carboxylic acids is 2. The van der Waals surface area contributed by atoms with Gasteiger partial charge in [0, 0.05) is 5.69 Å². The summed E-state index contributed by atoms with van der Waals surface area (Å²) in [6.45, 7) is 11.0. The first-order valence-electron chi connectivity index (χ1n) is 6.72. The zero-order valence-electron chi connectivity index (χ0n) is 13.4. The van der Waals surface area contributed by atoms with Gasteiger partial charge in [-0.25, -0.2) is 9.59 Å². The van der Waals surface area contributed by atoms with Gasteiger partial charge in [-0.2, -0.15) is 0 Å². The number of anilines is 1. The van der Waals surface area contributed by atoms with Crippen LogP contribution in [0, 0.1) is 0 Å². The van der Waals surface area contributed by atoms with E-state index in [1.807, 2.05) is 20.8 Å². The molecular formula is C16H23NO4. The zero-order valence-corrected chi connectivity index (χ0v) is 13.4. The largest absolute Gasteiger partial charge is 0.478 e. The summed E-state index contributed by atoms with van der Waals surface area (Å²) in [4.78, 5) is 23.3. The third-order valence-electron chi connectivity index (χ3n) is 3.30. The van der Waals surface area contributed by atoms with Crippen molar-refractivity contribution in [1.29, 1.82) is 0 Å². The average Bonchev–Trinajstić information content (AvgIpc) is 2.23. The Morgan fingerprint density at radius 2 is 1.33 bits per heavy atom. The molecular weight excluding hydrogens is 270 g/mol. The standard InChI is InChI=1S/C16H23NO4/c1-15(2,3)11-8(13(18)19)7-9(17)12(16(4,5)6)10(11)14(20)21/h7H,17H2,1-6H3,(H,18,19)(H,20,21). The van der Waals surface area contributed by atoms with E-state index in [1.54, 1.807) is 20.8 Å². The van der Waals surface area contributed by atoms with E-state index in [0.29, 0.717) is 11.1 Å². The molecule has 5 nitrogen and oxygen atoms in total. The first kappa shape index (κ1) is 17.0. The molecule has 0 saturated carbocycles. The van der Waals surface area contributed by atoms with Gasteiger partial charge in [0.25, 0.3) is 0 Å². The SMILES string of the molecule is CC(C)(C)c1c(N)cc(C(=O)O)c(C(C)(C)C)c1C(=O)O. The Morgan fingerprint density at radius 3 is 1.62 bits per heavy atom. The van der Waals surface area contributed by atoms with Crippen molar-refractivity contribution in [3.8, 4) is 0 Å². The molecule has 0 atom stereocenters. The van der Waals surface area contributed by atoms with Crippen molar-refractivity contribution >= 4 is 17.6 Å². The Hall–Kier alpha value is -2.04. The van der Waals surface area contributed by atoms with E-state index < -0.39 is 22.8 Å². The van der Waals surface area contributed by atoms with Gasteiger partial charge in [-0.1, -0.05) is 41.5 Å². The van der Waals surface area contributed by atoms with Crippen LogP contribution in [-0.2, 0) is 10.8 Å². The molecule has 4 N–H and O–H groups in total. The predicted octanol–water partition coefficient (Wildman–Crippen LogP) is 3.26. The molecule has 0 heterocycles. The fraction of sp³-hybridized carbons (Fsp3) is 0.500.